The van der Waals surface area contributed by atoms with E-state index < -0.39 is 35.4 Å². The second-order valence-corrected chi connectivity index (χ2v) is 10.2. The minimum atomic E-state index is -1.51. The summed E-state index contributed by atoms with van der Waals surface area (Å²) in [6.07, 6.45) is -0.683. The molecule has 0 saturated carbocycles. The van der Waals surface area contributed by atoms with Crippen molar-refractivity contribution in [3.05, 3.63) is 99.0 Å². The number of hydrogen-bond donors (Lipinski definition) is 0. The van der Waals surface area contributed by atoms with Gasteiger partial charge in [0.2, 0.25) is 11.8 Å². The van der Waals surface area contributed by atoms with E-state index in [0.717, 1.165) is 10.5 Å². The molecule has 0 N–H and O–H groups in total. The first-order chi connectivity index (χ1) is 17.2. The molecule has 1 spiro atoms. The van der Waals surface area contributed by atoms with Crippen molar-refractivity contribution in [2.24, 2.45) is 11.8 Å². The van der Waals surface area contributed by atoms with Gasteiger partial charge >= 0.3 is 0 Å². The summed E-state index contributed by atoms with van der Waals surface area (Å²) in [4.78, 5) is 54.4. The number of imide groups is 1. The van der Waals surface area contributed by atoms with Gasteiger partial charge in [-0.05, 0) is 54.4 Å². The van der Waals surface area contributed by atoms with Crippen LogP contribution in [0.3, 0.4) is 0 Å². The molecular formula is C28H19Cl2NO5. The molecule has 2 saturated heterocycles. The molecule has 6 nitrogen and oxygen atoms in total. The van der Waals surface area contributed by atoms with Crippen molar-refractivity contribution >= 4 is 52.3 Å². The molecule has 2 fully saturated rings. The van der Waals surface area contributed by atoms with Crippen molar-refractivity contribution in [1.29, 1.82) is 0 Å². The number of ether oxygens (including phenoxy) is 1. The fourth-order valence-corrected chi connectivity index (χ4v) is 6.06. The summed E-state index contributed by atoms with van der Waals surface area (Å²) in [6, 6.07) is 18.4. The molecule has 1 aliphatic carbocycles. The molecule has 4 atom stereocenters. The Morgan fingerprint density at radius 2 is 1.67 bits per heavy atom. The monoisotopic (exact) mass is 519 g/mol. The maximum absolute atomic E-state index is 13.9. The summed E-state index contributed by atoms with van der Waals surface area (Å²) in [5, 5.41) is 0.625. The van der Waals surface area contributed by atoms with Crippen LogP contribution < -0.4 is 4.90 Å². The first kappa shape index (κ1) is 23.1. The van der Waals surface area contributed by atoms with E-state index in [1.165, 1.54) is 6.92 Å². The van der Waals surface area contributed by atoms with Crippen molar-refractivity contribution < 1.29 is 23.9 Å². The van der Waals surface area contributed by atoms with Gasteiger partial charge in [-0.25, -0.2) is 4.90 Å². The molecular weight excluding hydrogens is 501 g/mol. The number of rotatable bonds is 3. The zero-order chi connectivity index (χ0) is 25.4. The Morgan fingerprint density at radius 1 is 0.944 bits per heavy atom. The zero-order valence-electron chi connectivity index (χ0n) is 19.0. The lowest BCUT2D eigenvalue weighted by Gasteiger charge is -2.28. The van der Waals surface area contributed by atoms with E-state index in [-0.39, 0.29) is 23.0 Å². The van der Waals surface area contributed by atoms with Gasteiger partial charge in [-0.1, -0.05) is 53.5 Å². The van der Waals surface area contributed by atoms with Crippen molar-refractivity contribution in [2.75, 3.05) is 4.90 Å². The van der Waals surface area contributed by atoms with Crippen LogP contribution in [0.1, 0.15) is 44.9 Å². The first-order valence-electron chi connectivity index (χ1n) is 11.5. The molecule has 8 heteroatoms. The van der Waals surface area contributed by atoms with Crippen LogP contribution in [-0.2, 0) is 20.7 Å². The van der Waals surface area contributed by atoms with E-state index >= 15 is 0 Å². The fourth-order valence-electron chi connectivity index (χ4n) is 5.76. The predicted octanol–water partition coefficient (Wildman–Crippen LogP) is 5.25. The van der Waals surface area contributed by atoms with Gasteiger partial charge in [0.1, 0.15) is 5.60 Å². The third kappa shape index (κ3) is 3.15. The van der Waals surface area contributed by atoms with Gasteiger partial charge in [0.15, 0.2) is 11.6 Å². The van der Waals surface area contributed by atoms with Gasteiger partial charge < -0.3 is 4.74 Å². The third-order valence-electron chi connectivity index (χ3n) is 7.42. The third-order valence-corrected chi connectivity index (χ3v) is 8.16. The van der Waals surface area contributed by atoms with Crippen LogP contribution in [-0.4, -0.2) is 29.0 Å². The lowest BCUT2D eigenvalue weighted by atomic mass is 9.77. The lowest BCUT2D eigenvalue weighted by Crippen LogP contribution is -2.47. The molecule has 4 unspecified atom stereocenters. The molecule has 2 heterocycles. The summed E-state index contributed by atoms with van der Waals surface area (Å²) in [5.41, 5.74) is 1.14. The molecule has 180 valence electrons. The SMILES string of the molecule is CC(=O)c1ccc(N2C(=O)C3C(c4ccc(Cl)c(Cl)c4)OC4(Cc5ccccc5C4=O)C3C2=O)cc1. The van der Waals surface area contributed by atoms with E-state index in [4.69, 9.17) is 27.9 Å². The number of Topliss-reactive ketones (excluding diaryl/α,β-unsaturated/α-hetero) is 2. The van der Waals surface area contributed by atoms with Gasteiger partial charge in [-0.2, -0.15) is 0 Å². The number of hydrogen-bond acceptors (Lipinski definition) is 5. The Hall–Kier alpha value is -3.32. The van der Waals surface area contributed by atoms with E-state index in [1.807, 2.05) is 12.1 Å². The van der Waals surface area contributed by atoms with E-state index in [1.54, 1.807) is 54.6 Å². The molecule has 6 rings (SSSR count). The quantitative estimate of drug-likeness (QED) is 0.348. The van der Waals surface area contributed by atoms with Crippen molar-refractivity contribution in [2.45, 2.75) is 25.0 Å². The highest BCUT2D eigenvalue weighted by Gasteiger charge is 2.71. The molecule has 3 aliphatic rings. The average Bonchev–Trinajstić information content (AvgIpc) is 3.45. The van der Waals surface area contributed by atoms with Crippen molar-refractivity contribution in [3.63, 3.8) is 0 Å². The Balaban J connectivity index is 1.49. The van der Waals surface area contributed by atoms with Crippen LogP contribution >= 0.6 is 23.2 Å². The molecule has 0 radical (unpaired) electrons. The second-order valence-electron chi connectivity index (χ2n) is 9.38. The van der Waals surface area contributed by atoms with Gasteiger partial charge in [0.25, 0.3) is 0 Å². The average molecular weight is 520 g/mol. The van der Waals surface area contributed by atoms with Crippen molar-refractivity contribution in [1.82, 2.24) is 0 Å². The van der Waals surface area contributed by atoms with Crippen LogP contribution in [0.5, 0.6) is 0 Å². The highest BCUT2D eigenvalue weighted by Crippen LogP contribution is 2.58. The number of carbonyl (C=O) groups excluding carboxylic acids is 4. The molecule has 3 aromatic carbocycles. The zero-order valence-corrected chi connectivity index (χ0v) is 20.5. The maximum Gasteiger partial charge on any atom is 0.241 e. The largest absolute Gasteiger partial charge is 0.357 e. The first-order valence-corrected chi connectivity index (χ1v) is 12.2. The smallest absolute Gasteiger partial charge is 0.241 e. The van der Waals surface area contributed by atoms with Crippen LogP contribution in [0.25, 0.3) is 0 Å². The highest BCUT2D eigenvalue weighted by molar-refractivity contribution is 6.42. The summed E-state index contributed by atoms with van der Waals surface area (Å²) in [6.45, 7) is 1.44. The summed E-state index contributed by atoms with van der Waals surface area (Å²) in [7, 11) is 0. The van der Waals surface area contributed by atoms with Crippen LogP contribution in [0, 0.1) is 11.8 Å². The highest BCUT2D eigenvalue weighted by atomic mass is 35.5. The molecule has 36 heavy (non-hydrogen) atoms. The van der Waals surface area contributed by atoms with Crippen LogP contribution in [0.15, 0.2) is 66.7 Å². The Kier molecular flexibility index (Phi) is 5.20. The normalized spacial score (nSPS) is 26.6. The Labute approximate surface area is 216 Å². The van der Waals surface area contributed by atoms with E-state index in [2.05, 4.69) is 0 Å². The number of fused-ring (bicyclic) bond motifs is 3. The number of nitrogens with zero attached hydrogens (tertiary/aromatic N) is 1. The van der Waals surface area contributed by atoms with Crippen LogP contribution in [0.2, 0.25) is 10.0 Å². The number of benzene rings is 3. The molecule has 0 aromatic heterocycles. The number of halogens is 2. The summed E-state index contributed by atoms with van der Waals surface area (Å²) >= 11 is 12.4. The van der Waals surface area contributed by atoms with Gasteiger partial charge in [0, 0.05) is 17.5 Å². The lowest BCUT2D eigenvalue weighted by molar-refractivity contribution is -0.128. The molecule has 0 bridgehead atoms. The summed E-state index contributed by atoms with van der Waals surface area (Å²) < 4.78 is 6.46. The maximum atomic E-state index is 13.9. The minimum Gasteiger partial charge on any atom is -0.357 e. The fraction of sp³-hybridized carbons (Fsp3) is 0.214. The molecule has 3 aromatic rings. The molecule has 2 amide bonds. The number of carbonyl (C=O) groups is 4. The number of ketones is 2. The predicted molar refractivity (Wildman–Crippen MR) is 133 cm³/mol. The Morgan fingerprint density at radius 3 is 2.33 bits per heavy atom. The van der Waals surface area contributed by atoms with Crippen molar-refractivity contribution in [3.8, 4) is 0 Å². The van der Waals surface area contributed by atoms with Crippen LogP contribution in [0.4, 0.5) is 5.69 Å². The van der Waals surface area contributed by atoms with Gasteiger partial charge in [-0.15, -0.1) is 0 Å². The second kappa shape index (κ2) is 8.10. The number of amides is 2. The van der Waals surface area contributed by atoms with Gasteiger partial charge in [-0.3, -0.25) is 19.2 Å². The summed E-state index contributed by atoms with van der Waals surface area (Å²) in [5.74, 6) is -3.33. The number of anilines is 1. The standard InChI is InChI=1S/C28H19Cl2NO5/c1-14(32)15-6-9-18(10-7-15)31-26(34)22-23(27(31)35)28(13-17-4-2-3-5-19(17)25(28)33)36-24(22)16-8-11-20(29)21(30)12-16/h2-12,22-24H,13H2,1H3. The van der Waals surface area contributed by atoms with Gasteiger partial charge in [0.05, 0.1) is 33.7 Å². The van der Waals surface area contributed by atoms with E-state index in [0.29, 0.717) is 27.4 Å². The topological polar surface area (TPSA) is 80.8 Å². The minimum absolute atomic E-state index is 0.126. The van der Waals surface area contributed by atoms with E-state index in [9.17, 15) is 19.2 Å². The Bertz CT molecular complexity index is 1480. The molecule has 2 aliphatic heterocycles.